The van der Waals surface area contributed by atoms with Crippen LogP contribution >= 0.6 is 0 Å². The van der Waals surface area contributed by atoms with E-state index in [2.05, 4.69) is 5.16 Å². The molecule has 0 amide bonds. The number of rotatable bonds is 4. The fourth-order valence-corrected chi connectivity index (χ4v) is 1.92. The van der Waals surface area contributed by atoms with E-state index in [0.717, 1.165) is 18.0 Å². The van der Waals surface area contributed by atoms with Crippen molar-refractivity contribution in [3.63, 3.8) is 0 Å². The monoisotopic (exact) mass is 235 g/mol. The molecule has 17 heavy (non-hydrogen) atoms. The first-order valence-corrected chi connectivity index (χ1v) is 5.82. The standard InChI is InChI=1S/C12H17N3O2/c1-8-2-5-10(11(13)14-17)12(16)15(8)7-6-9-3-4-9/h2,5,9,17H,3-4,6-7H2,1H3,(H2,13,14). The lowest BCUT2D eigenvalue weighted by atomic mass is 10.2. The number of aryl methyl sites for hydroxylation is 1. The van der Waals surface area contributed by atoms with Crippen molar-refractivity contribution in [2.24, 2.45) is 16.8 Å². The second kappa shape index (κ2) is 4.61. The summed E-state index contributed by atoms with van der Waals surface area (Å²) in [6, 6.07) is 3.42. The number of oxime groups is 1. The van der Waals surface area contributed by atoms with Gasteiger partial charge in [-0.15, -0.1) is 0 Å². The number of nitrogens with two attached hydrogens (primary N) is 1. The van der Waals surface area contributed by atoms with Crippen LogP contribution in [0.4, 0.5) is 0 Å². The van der Waals surface area contributed by atoms with Gasteiger partial charge in [-0.1, -0.05) is 18.0 Å². The van der Waals surface area contributed by atoms with Crippen LogP contribution in [0, 0.1) is 12.8 Å². The molecule has 0 radical (unpaired) electrons. The van der Waals surface area contributed by atoms with E-state index in [1.165, 1.54) is 12.8 Å². The molecule has 0 unspecified atom stereocenters. The summed E-state index contributed by atoms with van der Waals surface area (Å²) in [5.74, 6) is 0.643. The molecule has 1 fully saturated rings. The molecule has 0 saturated heterocycles. The zero-order valence-corrected chi connectivity index (χ0v) is 9.89. The van der Waals surface area contributed by atoms with Gasteiger partial charge in [0, 0.05) is 12.2 Å². The summed E-state index contributed by atoms with van der Waals surface area (Å²) >= 11 is 0. The molecule has 1 aromatic rings. The lowest BCUT2D eigenvalue weighted by molar-refractivity contribution is 0.318. The fraction of sp³-hybridized carbons (Fsp3) is 0.500. The first kappa shape index (κ1) is 11.7. The number of hydrogen-bond donors (Lipinski definition) is 2. The quantitative estimate of drug-likeness (QED) is 0.354. The average molecular weight is 235 g/mol. The summed E-state index contributed by atoms with van der Waals surface area (Å²) in [4.78, 5) is 12.1. The SMILES string of the molecule is Cc1ccc(/C(N)=N/O)c(=O)n1CCC1CC1. The fourth-order valence-electron chi connectivity index (χ4n) is 1.92. The first-order chi connectivity index (χ1) is 8.13. The molecular formula is C12H17N3O2. The van der Waals surface area contributed by atoms with Gasteiger partial charge in [0.15, 0.2) is 5.84 Å². The molecular weight excluding hydrogens is 218 g/mol. The molecule has 0 spiro atoms. The van der Waals surface area contributed by atoms with Crippen molar-refractivity contribution in [2.45, 2.75) is 32.7 Å². The predicted octanol–water partition coefficient (Wildman–Crippen LogP) is 1.05. The largest absolute Gasteiger partial charge is 0.409 e. The molecule has 5 heteroatoms. The second-order valence-electron chi connectivity index (χ2n) is 4.56. The Morgan fingerprint density at radius 2 is 2.29 bits per heavy atom. The van der Waals surface area contributed by atoms with Gasteiger partial charge >= 0.3 is 0 Å². The molecule has 5 nitrogen and oxygen atoms in total. The van der Waals surface area contributed by atoms with Crippen LogP contribution in [0.15, 0.2) is 22.1 Å². The molecule has 1 aliphatic carbocycles. The van der Waals surface area contributed by atoms with Gasteiger partial charge < -0.3 is 15.5 Å². The van der Waals surface area contributed by atoms with Crippen molar-refractivity contribution in [3.05, 3.63) is 33.7 Å². The normalized spacial score (nSPS) is 16.2. The topological polar surface area (TPSA) is 80.6 Å². The van der Waals surface area contributed by atoms with E-state index in [1.807, 2.05) is 13.0 Å². The Hall–Kier alpha value is -1.78. The summed E-state index contributed by atoms with van der Waals surface area (Å²) in [5, 5.41) is 11.5. The number of pyridine rings is 1. The maximum atomic E-state index is 12.1. The second-order valence-corrected chi connectivity index (χ2v) is 4.56. The van der Waals surface area contributed by atoms with Crippen molar-refractivity contribution in [3.8, 4) is 0 Å². The zero-order chi connectivity index (χ0) is 12.4. The number of amidine groups is 1. The minimum atomic E-state index is -0.180. The molecule has 1 saturated carbocycles. The third kappa shape index (κ3) is 2.49. The van der Waals surface area contributed by atoms with E-state index in [1.54, 1.807) is 10.6 Å². The highest BCUT2D eigenvalue weighted by Crippen LogP contribution is 2.32. The van der Waals surface area contributed by atoms with E-state index in [9.17, 15) is 4.79 Å². The molecule has 1 aliphatic rings. The van der Waals surface area contributed by atoms with Gasteiger partial charge in [0.25, 0.3) is 5.56 Å². The molecule has 0 aliphatic heterocycles. The van der Waals surface area contributed by atoms with Crippen LogP contribution in [-0.2, 0) is 6.54 Å². The zero-order valence-electron chi connectivity index (χ0n) is 9.89. The van der Waals surface area contributed by atoms with E-state index < -0.39 is 0 Å². The van der Waals surface area contributed by atoms with Gasteiger partial charge in [0.2, 0.25) is 0 Å². The Labute approximate surface area is 99.6 Å². The summed E-state index contributed by atoms with van der Waals surface area (Å²) in [7, 11) is 0. The summed E-state index contributed by atoms with van der Waals surface area (Å²) < 4.78 is 1.70. The van der Waals surface area contributed by atoms with Crippen molar-refractivity contribution >= 4 is 5.84 Å². The molecule has 0 atom stereocenters. The maximum Gasteiger partial charge on any atom is 0.261 e. The van der Waals surface area contributed by atoms with Gasteiger partial charge in [-0.2, -0.15) is 0 Å². The highest BCUT2D eigenvalue weighted by molar-refractivity contribution is 5.96. The van der Waals surface area contributed by atoms with Crippen molar-refractivity contribution in [1.29, 1.82) is 0 Å². The minimum absolute atomic E-state index is 0.129. The predicted molar refractivity (Wildman–Crippen MR) is 65.3 cm³/mol. The van der Waals surface area contributed by atoms with Gasteiger partial charge in [0.05, 0.1) is 5.56 Å². The van der Waals surface area contributed by atoms with Crippen LogP contribution in [0.5, 0.6) is 0 Å². The molecule has 1 aromatic heterocycles. The van der Waals surface area contributed by atoms with Crippen LogP contribution < -0.4 is 11.3 Å². The first-order valence-electron chi connectivity index (χ1n) is 5.82. The Kier molecular flexibility index (Phi) is 3.17. The summed E-state index contributed by atoms with van der Waals surface area (Å²) in [5.41, 5.74) is 6.46. The molecule has 0 bridgehead atoms. The van der Waals surface area contributed by atoms with E-state index in [0.29, 0.717) is 6.54 Å². The van der Waals surface area contributed by atoms with Crippen LogP contribution in [0.25, 0.3) is 0 Å². The lowest BCUT2D eigenvalue weighted by Crippen LogP contribution is -2.31. The number of aromatic nitrogens is 1. The van der Waals surface area contributed by atoms with Crippen molar-refractivity contribution < 1.29 is 5.21 Å². The molecule has 2 rings (SSSR count). The van der Waals surface area contributed by atoms with Crippen LogP contribution in [-0.4, -0.2) is 15.6 Å². The van der Waals surface area contributed by atoms with Gasteiger partial charge in [0.1, 0.15) is 0 Å². The van der Waals surface area contributed by atoms with Crippen LogP contribution in [0.3, 0.4) is 0 Å². The average Bonchev–Trinajstić information content (AvgIpc) is 3.12. The van der Waals surface area contributed by atoms with Gasteiger partial charge in [-0.05, 0) is 31.4 Å². The third-order valence-electron chi connectivity index (χ3n) is 3.23. The van der Waals surface area contributed by atoms with E-state index in [4.69, 9.17) is 10.9 Å². The Balaban J connectivity index is 2.31. The Morgan fingerprint density at radius 1 is 1.59 bits per heavy atom. The van der Waals surface area contributed by atoms with Crippen molar-refractivity contribution in [1.82, 2.24) is 4.57 Å². The summed E-state index contributed by atoms with van der Waals surface area (Å²) in [6.45, 7) is 2.60. The Bertz CT molecular complexity index is 501. The van der Waals surface area contributed by atoms with E-state index >= 15 is 0 Å². The molecule has 3 N–H and O–H groups in total. The van der Waals surface area contributed by atoms with Crippen LogP contribution in [0.1, 0.15) is 30.5 Å². The van der Waals surface area contributed by atoms with Crippen LogP contribution in [0.2, 0.25) is 0 Å². The third-order valence-corrected chi connectivity index (χ3v) is 3.23. The Morgan fingerprint density at radius 3 is 2.88 bits per heavy atom. The van der Waals surface area contributed by atoms with Crippen molar-refractivity contribution in [2.75, 3.05) is 0 Å². The number of hydrogen-bond acceptors (Lipinski definition) is 3. The highest BCUT2D eigenvalue weighted by atomic mass is 16.4. The molecule has 0 aromatic carbocycles. The summed E-state index contributed by atoms with van der Waals surface area (Å²) in [6.07, 6.45) is 3.57. The van der Waals surface area contributed by atoms with Gasteiger partial charge in [-0.25, -0.2) is 0 Å². The molecule has 1 heterocycles. The highest BCUT2D eigenvalue weighted by Gasteiger charge is 2.21. The van der Waals surface area contributed by atoms with E-state index in [-0.39, 0.29) is 17.0 Å². The maximum absolute atomic E-state index is 12.1. The smallest absolute Gasteiger partial charge is 0.261 e. The minimum Gasteiger partial charge on any atom is -0.409 e. The van der Waals surface area contributed by atoms with Gasteiger partial charge in [-0.3, -0.25) is 4.79 Å². The lowest BCUT2D eigenvalue weighted by Gasteiger charge is -2.11. The number of nitrogens with zero attached hydrogens (tertiary/aromatic N) is 2. The molecule has 92 valence electrons.